The van der Waals surface area contributed by atoms with Crippen molar-refractivity contribution in [1.82, 2.24) is 14.7 Å². The molecule has 1 aliphatic heterocycles. The Bertz CT molecular complexity index is 1430. The van der Waals surface area contributed by atoms with Gasteiger partial charge < -0.3 is 25.2 Å². The van der Waals surface area contributed by atoms with Crippen molar-refractivity contribution < 1.29 is 24.2 Å². The van der Waals surface area contributed by atoms with E-state index in [0.29, 0.717) is 46.6 Å². The van der Waals surface area contributed by atoms with Gasteiger partial charge >= 0.3 is 0 Å². The van der Waals surface area contributed by atoms with Crippen LogP contribution in [0, 0.1) is 5.92 Å². The molecule has 37 heavy (non-hydrogen) atoms. The van der Waals surface area contributed by atoms with Crippen LogP contribution in [0.1, 0.15) is 36.3 Å². The smallest absolute Gasteiger partial charge is 0.270 e. The Morgan fingerprint density at radius 1 is 1.19 bits per heavy atom. The van der Waals surface area contributed by atoms with Gasteiger partial charge in [0, 0.05) is 17.1 Å². The predicted molar refractivity (Wildman–Crippen MR) is 141 cm³/mol. The molecule has 2 amide bonds. The van der Waals surface area contributed by atoms with Crippen LogP contribution in [0.2, 0.25) is 0 Å². The van der Waals surface area contributed by atoms with Gasteiger partial charge in [0.15, 0.2) is 17.1 Å². The Hall–Kier alpha value is -3.89. The molecular formula is C27H28N4O5S. The fourth-order valence-corrected chi connectivity index (χ4v) is 5.06. The summed E-state index contributed by atoms with van der Waals surface area (Å²) in [5, 5.41) is 19.5. The largest absolute Gasteiger partial charge is 0.454 e. The molecule has 10 heteroatoms. The van der Waals surface area contributed by atoms with Gasteiger partial charge in [0.25, 0.3) is 5.91 Å². The van der Waals surface area contributed by atoms with E-state index in [1.54, 1.807) is 34.9 Å². The van der Waals surface area contributed by atoms with Crippen LogP contribution < -0.4 is 20.1 Å². The third-order valence-corrected chi connectivity index (χ3v) is 6.73. The standard InChI is InChI=1S/C27H28N4O5S/c1-16(2)10-19(13-32)28-27(34)25-24(18-7-9-37-14-18)30-26-20(4-3-8-31(25)26)29-23(33)12-17-5-6-21-22(11-17)36-15-35-21/h3-9,11,14,16,19,32H,10,12-13,15H2,1-2H3,(H,28,34)(H,29,33)/t19-/m0/s1. The number of hydrogen-bond donors (Lipinski definition) is 3. The Morgan fingerprint density at radius 2 is 2.03 bits per heavy atom. The molecule has 1 aliphatic rings. The van der Waals surface area contributed by atoms with Gasteiger partial charge in [0.05, 0.1) is 24.8 Å². The number of rotatable bonds is 9. The summed E-state index contributed by atoms with van der Waals surface area (Å²) in [6, 6.07) is 10.5. The minimum atomic E-state index is -0.377. The van der Waals surface area contributed by atoms with Crippen molar-refractivity contribution in [3.63, 3.8) is 0 Å². The zero-order valence-corrected chi connectivity index (χ0v) is 21.4. The highest BCUT2D eigenvalue weighted by molar-refractivity contribution is 7.08. The second kappa shape index (κ2) is 10.6. The molecule has 1 aromatic carbocycles. The van der Waals surface area contributed by atoms with E-state index in [4.69, 9.17) is 14.5 Å². The Morgan fingerprint density at radius 3 is 2.78 bits per heavy atom. The van der Waals surface area contributed by atoms with Crippen LogP contribution >= 0.6 is 11.3 Å². The lowest BCUT2D eigenvalue weighted by molar-refractivity contribution is -0.115. The zero-order chi connectivity index (χ0) is 25.9. The number of nitrogens with zero attached hydrogens (tertiary/aromatic N) is 2. The molecule has 5 rings (SSSR count). The molecule has 9 nitrogen and oxygen atoms in total. The van der Waals surface area contributed by atoms with Crippen molar-refractivity contribution in [2.75, 3.05) is 18.7 Å². The highest BCUT2D eigenvalue weighted by Gasteiger charge is 2.25. The lowest BCUT2D eigenvalue weighted by atomic mass is 10.0. The first-order valence-corrected chi connectivity index (χ1v) is 13.0. The molecule has 0 fully saturated rings. The van der Waals surface area contributed by atoms with Crippen molar-refractivity contribution in [3.8, 4) is 22.8 Å². The molecule has 0 unspecified atom stereocenters. The van der Waals surface area contributed by atoms with Crippen LogP contribution in [0.5, 0.6) is 11.5 Å². The number of amides is 2. The number of thiophene rings is 1. The predicted octanol–water partition coefficient (Wildman–Crippen LogP) is 4.11. The van der Waals surface area contributed by atoms with E-state index >= 15 is 0 Å². The fourth-order valence-electron chi connectivity index (χ4n) is 4.42. The van der Waals surface area contributed by atoms with Crippen LogP contribution in [-0.4, -0.2) is 45.7 Å². The van der Waals surface area contributed by atoms with Crippen molar-refractivity contribution in [3.05, 3.63) is 64.6 Å². The van der Waals surface area contributed by atoms with E-state index in [0.717, 1.165) is 11.1 Å². The molecule has 0 aliphatic carbocycles. The summed E-state index contributed by atoms with van der Waals surface area (Å²) in [6.45, 7) is 4.10. The molecule has 4 aromatic rings. The number of nitrogens with one attached hydrogen (secondary N) is 2. The zero-order valence-electron chi connectivity index (χ0n) is 20.6. The van der Waals surface area contributed by atoms with Gasteiger partial charge in [-0.3, -0.25) is 14.0 Å². The number of fused-ring (bicyclic) bond motifs is 2. The summed E-state index contributed by atoms with van der Waals surface area (Å²) in [5.74, 6) is 1.03. The maximum atomic E-state index is 13.5. The van der Waals surface area contributed by atoms with E-state index in [9.17, 15) is 14.7 Å². The number of benzene rings is 1. The molecule has 1 atom stereocenters. The highest BCUT2D eigenvalue weighted by atomic mass is 32.1. The number of pyridine rings is 1. The van der Waals surface area contributed by atoms with Gasteiger partial charge in [-0.05, 0) is 53.6 Å². The third-order valence-electron chi connectivity index (χ3n) is 6.05. The maximum absolute atomic E-state index is 13.5. The lowest BCUT2D eigenvalue weighted by Crippen LogP contribution is -2.39. The maximum Gasteiger partial charge on any atom is 0.270 e. The van der Waals surface area contributed by atoms with Crippen LogP contribution in [0.15, 0.2) is 53.4 Å². The average molecular weight is 521 g/mol. The van der Waals surface area contributed by atoms with E-state index in [1.807, 2.05) is 36.7 Å². The molecule has 0 spiro atoms. The van der Waals surface area contributed by atoms with Crippen molar-refractivity contribution >= 4 is 34.5 Å². The summed E-state index contributed by atoms with van der Waals surface area (Å²) >= 11 is 1.51. The average Bonchev–Trinajstić information content (AvgIpc) is 3.62. The summed E-state index contributed by atoms with van der Waals surface area (Å²) in [7, 11) is 0. The van der Waals surface area contributed by atoms with E-state index in [2.05, 4.69) is 10.6 Å². The number of ether oxygens (including phenoxy) is 2. The van der Waals surface area contributed by atoms with Crippen LogP contribution in [0.25, 0.3) is 16.9 Å². The second-order valence-corrected chi connectivity index (χ2v) is 10.1. The van der Waals surface area contributed by atoms with Gasteiger partial charge in [-0.1, -0.05) is 19.9 Å². The molecule has 3 aromatic heterocycles. The molecule has 0 saturated carbocycles. The lowest BCUT2D eigenvalue weighted by Gasteiger charge is -2.18. The summed E-state index contributed by atoms with van der Waals surface area (Å²) in [6.07, 6.45) is 2.53. The summed E-state index contributed by atoms with van der Waals surface area (Å²) in [5.41, 5.74) is 3.40. The number of carbonyl (C=O) groups is 2. The van der Waals surface area contributed by atoms with E-state index in [-0.39, 0.29) is 37.7 Å². The first-order chi connectivity index (χ1) is 17.9. The summed E-state index contributed by atoms with van der Waals surface area (Å²) < 4.78 is 12.4. The SMILES string of the molecule is CC(C)C[C@@H](CO)NC(=O)c1c(-c2ccsc2)nc2c(NC(=O)Cc3ccc4c(c3)OCO4)cccn12. The molecule has 0 saturated heterocycles. The van der Waals surface area contributed by atoms with Crippen LogP contribution in [-0.2, 0) is 11.2 Å². The molecule has 192 valence electrons. The van der Waals surface area contributed by atoms with Crippen molar-refractivity contribution in [2.45, 2.75) is 32.7 Å². The van der Waals surface area contributed by atoms with E-state index in [1.165, 1.54) is 11.3 Å². The first kappa shape index (κ1) is 24.8. The number of anilines is 1. The topological polar surface area (TPSA) is 114 Å². The molecule has 4 heterocycles. The summed E-state index contributed by atoms with van der Waals surface area (Å²) in [4.78, 5) is 31.2. The number of imidazole rings is 1. The highest BCUT2D eigenvalue weighted by Crippen LogP contribution is 2.33. The quantitative estimate of drug-likeness (QED) is 0.306. The van der Waals surface area contributed by atoms with Gasteiger partial charge in [0.2, 0.25) is 12.7 Å². The normalized spacial score (nSPS) is 13.2. The van der Waals surface area contributed by atoms with Crippen molar-refractivity contribution in [2.24, 2.45) is 5.92 Å². The number of aromatic nitrogens is 2. The number of aliphatic hydroxyl groups is 1. The Kier molecular flexibility index (Phi) is 7.11. The van der Waals surface area contributed by atoms with Crippen molar-refractivity contribution in [1.29, 1.82) is 0 Å². The number of aliphatic hydroxyl groups excluding tert-OH is 1. The first-order valence-electron chi connectivity index (χ1n) is 12.1. The minimum Gasteiger partial charge on any atom is -0.454 e. The molecule has 3 N–H and O–H groups in total. The Balaban J connectivity index is 1.45. The Labute approximate surface area is 218 Å². The molecule has 0 radical (unpaired) electrons. The van der Waals surface area contributed by atoms with Crippen LogP contribution in [0.4, 0.5) is 5.69 Å². The van der Waals surface area contributed by atoms with Gasteiger partial charge in [-0.25, -0.2) is 4.98 Å². The van der Waals surface area contributed by atoms with Gasteiger partial charge in [0.1, 0.15) is 11.4 Å². The number of carbonyl (C=O) groups excluding carboxylic acids is 2. The third kappa shape index (κ3) is 5.30. The fraction of sp³-hybridized carbons (Fsp3) is 0.296. The second-order valence-electron chi connectivity index (χ2n) is 9.33. The number of hydrogen-bond acceptors (Lipinski definition) is 7. The van der Waals surface area contributed by atoms with Gasteiger partial charge in [-0.2, -0.15) is 11.3 Å². The monoisotopic (exact) mass is 520 g/mol. The molecule has 0 bridgehead atoms. The van der Waals surface area contributed by atoms with Gasteiger partial charge in [-0.15, -0.1) is 0 Å². The minimum absolute atomic E-state index is 0.135. The van der Waals surface area contributed by atoms with Crippen LogP contribution in [0.3, 0.4) is 0 Å². The van der Waals surface area contributed by atoms with E-state index < -0.39 is 0 Å². The molecular weight excluding hydrogens is 492 g/mol.